The molecular weight excluding hydrogens is 334 g/mol. The van der Waals surface area contributed by atoms with Gasteiger partial charge in [-0.3, -0.25) is 4.79 Å². The minimum absolute atomic E-state index is 0.284. The molecular formula is C19H19N3O4. The highest BCUT2D eigenvalue weighted by molar-refractivity contribution is 6.09. The highest BCUT2D eigenvalue weighted by Crippen LogP contribution is 2.26. The number of carbonyl (C=O) groups excluding carboxylic acids is 2. The van der Waals surface area contributed by atoms with Gasteiger partial charge < -0.3 is 19.1 Å². The zero-order valence-corrected chi connectivity index (χ0v) is 14.8. The van der Waals surface area contributed by atoms with Crippen LogP contribution in [0.1, 0.15) is 33.5 Å². The Hall–Kier alpha value is -3.35. The van der Waals surface area contributed by atoms with Crippen LogP contribution in [-0.4, -0.2) is 28.2 Å². The maximum absolute atomic E-state index is 12.8. The number of nitrogens with zero attached hydrogens (tertiary/aromatic N) is 2. The number of amides is 1. The Labute approximate surface area is 150 Å². The lowest BCUT2D eigenvalue weighted by atomic mass is 10.1. The molecule has 0 unspecified atom stereocenters. The van der Waals surface area contributed by atoms with Crippen LogP contribution in [0.4, 0.5) is 5.69 Å². The van der Waals surface area contributed by atoms with Crippen molar-refractivity contribution in [3.63, 3.8) is 0 Å². The lowest BCUT2D eigenvalue weighted by molar-refractivity contribution is 0.0515. The number of anilines is 1. The van der Waals surface area contributed by atoms with E-state index in [4.69, 9.17) is 9.26 Å². The van der Waals surface area contributed by atoms with Crippen molar-refractivity contribution in [1.82, 2.24) is 9.72 Å². The van der Waals surface area contributed by atoms with E-state index >= 15 is 0 Å². The standard InChI is InChI=1S/C19H19N3O4/c1-4-25-19(24)15-10-14(11-22(15)3)20-18(23)16-12(2)26-21-17(16)13-8-6-5-7-9-13/h5-11H,4H2,1-3H3,(H,20,23). The Morgan fingerprint density at radius 3 is 2.69 bits per heavy atom. The number of hydrogen-bond acceptors (Lipinski definition) is 5. The minimum Gasteiger partial charge on any atom is -0.461 e. The van der Waals surface area contributed by atoms with E-state index in [1.807, 2.05) is 30.3 Å². The van der Waals surface area contributed by atoms with Crippen LogP contribution < -0.4 is 5.32 Å². The van der Waals surface area contributed by atoms with E-state index in [1.165, 1.54) is 0 Å². The van der Waals surface area contributed by atoms with Crippen LogP contribution >= 0.6 is 0 Å². The molecule has 0 spiro atoms. The Morgan fingerprint density at radius 1 is 1.27 bits per heavy atom. The topological polar surface area (TPSA) is 86.4 Å². The molecule has 0 saturated heterocycles. The van der Waals surface area contributed by atoms with Gasteiger partial charge in [-0.2, -0.15) is 0 Å². The second kappa shape index (κ2) is 7.26. The van der Waals surface area contributed by atoms with E-state index in [0.717, 1.165) is 5.56 Å². The fourth-order valence-electron chi connectivity index (χ4n) is 2.67. The molecule has 0 bridgehead atoms. The number of hydrogen-bond donors (Lipinski definition) is 1. The number of aromatic nitrogens is 2. The molecule has 2 aromatic heterocycles. The molecule has 0 saturated carbocycles. The summed E-state index contributed by atoms with van der Waals surface area (Å²) in [4.78, 5) is 24.7. The van der Waals surface area contributed by atoms with Gasteiger partial charge in [-0.05, 0) is 19.9 Å². The third-order valence-corrected chi connectivity index (χ3v) is 3.88. The van der Waals surface area contributed by atoms with Crippen LogP contribution in [0, 0.1) is 6.92 Å². The molecule has 0 fully saturated rings. The van der Waals surface area contributed by atoms with E-state index in [2.05, 4.69) is 10.5 Å². The molecule has 1 aromatic carbocycles. The molecule has 3 rings (SSSR count). The van der Waals surface area contributed by atoms with Gasteiger partial charge in [-0.1, -0.05) is 35.5 Å². The van der Waals surface area contributed by atoms with Gasteiger partial charge in [0.2, 0.25) is 0 Å². The molecule has 0 aliphatic carbocycles. The summed E-state index contributed by atoms with van der Waals surface area (Å²) in [6, 6.07) is 10.9. The number of esters is 1. The van der Waals surface area contributed by atoms with Crippen molar-refractivity contribution in [2.24, 2.45) is 7.05 Å². The second-order valence-corrected chi connectivity index (χ2v) is 5.73. The number of benzene rings is 1. The van der Waals surface area contributed by atoms with E-state index in [0.29, 0.717) is 28.4 Å². The molecule has 0 atom stereocenters. The van der Waals surface area contributed by atoms with Gasteiger partial charge in [-0.25, -0.2) is 4.79 Å². The third-order valence-electron chi connectivity index (χ3n) is 3.88. The number of carbonyl (C=O) groups is 2. The minimum atomic E-state index is -0.443. The molecule has 1 N–H and O–H groups in total. The first kappa shape index (κ1) is 17.5. The quantitative estimate of drug-likeness (QED) is 0.710. The van der Waals surface area contributed by atoms with Crippen LogP contribution in [0.2, 0.25) is 0 Å². The van der Waals surface area contributed by atoms with Crippen molar-refractivity contribution in [1.29, 1.82) is 0 Å². The molecule has 1 amide bonds. The summed E-state index contributed by atoms with van der Waals surface area (Å²) in [5, 5.41) is 6.79. The van der Waals surface area contributed by atoms with E-state index < -0.39 is 5.97 Å². The normalized spacial score (nSPS) is 10.6. The van der Waals surface area contributed by atoms with Crippen LogP contribution in [0.25, 0.3) is 11.3 Å². The second-order valence-electron chi connectivity index (χ2n) is 5.73. The Morgan fingerprint density at radius 2 is 2.00 bits per heavy atom. The maximum atomic E-state index is 12.8. The van der Waals surface area contributed by atoms with E-state index in [-0.39, 0.29) is 12.5 Å². The fourth-order valence-corrected chi connectivity index (χ4v) is 2.67. The first-order valence-electron chi connectivity index (χ1n) is 8.17. The summed E-state index contributed by atoms with van der Waals surface area (Å²) >= 11 is 0. The summed E-state index contributed by atoms with van der Waals surface area (Å²) in [5.74, 6) is -0.381. The molecule has 26 heavy (non-hydrogen) atoms. The van der Waals surface area contributed by atoms with E-state index in [9.17, 15) is 9.59 Å². The highest BCUT2D eigenvalue weighted by Gasteiger charge is 2.22. The van der Waals surface area contributed by atoms with E-state index in [1.54, 1.807) is 37.7 Å². The lowest BCUT2D eigenvalue weighted by Gasteiger charge is -2.03. The van der Waals surface area contributed by atoms with Crippen molar-refractivity contribution >= 4 is 17.6 Å². The molecule has 2 heterocycles. The average Bonchev–Trinajstić information content (AvgIpc) is 3.18. The van der Waals surface area contributed by atoms with Gasteiger partial charge in [-0.15, -0.1) is 0 Å². The first-order chi connectivity index (χ1) is 12.5. The van der Waals surface area contributed by atoms with Crippen LogP contribution in [0.3, 0.4) is 0 Å². The summed E-state index contributed by atoms with van der Waals surface area (Å²) in [7, 11) is 1.71. The Bertz CT molecular complexity index is 941. The predicted octanol–water partition coefficient (Wildman–Crippen LogP) is 3.42. The molecule has 134 valence electrons. The lowest BCUT2D eigenvalue weighted by Crippen LogP contribution is -2.13. The molecule has 7 heteroatoms. The zero-order chi connectivity index (χ0) is 18.7. The smallest absolute Gasteiger partial charge is 0.355 e. The molecule has 3 aromatic rings. The third kappa shape index (κ3) is 3.37. The summed E-state index contributed by atoms with van der Waals surface area (Å²) in [6.07, 6.45) is 1.65. The van der Waals surface area contributed by atoms with Crippen molar-refractivity contribution in [2.45, 2.75) is 13.8 Å². The first-order valence-corrected chi connectivity index (χ1v) is 8.17. The van der Waals surface area contributed by atoms with Crippen molar-refractivity contribution in [3.05, 3.63) is 59.6 Å². The predicted molar refractivity (Wildman–Crippen MR) is 96.0 cm³/mol. The maximum Gasteiger partial charge on any atom is 0.355 e. The van der Waals surface area contributed by atoms with Gasteiger partial charge in [0.1, 0.15) is 22.7 Å². The van der Waals surface area contributed by atoms with Gasteiger partial charge in [0, 0.05) is 18.8 Å². The fraction of sp³-hybridized carbons (Fsp3) is 0.211. The molecule has 7 nitrogen and oxygen atoms in total. The average molecular weight is 353 g/mol. The van der Waals surface area contributed by atoms with Crippen molar-refractivity contribution in [2.75, 3.05) is 11.9 Å². The monoisotopic (exact) mass is 353 g/mol. The summed E-state index contributed by atoms with van der Waals surface area (Å²) in [5.41, 5.74) is 2.46. The Kier molecular flexibility index (Phi) is 4.88. The number of nitrogens with one attached hydrogen (secondary N) is 1. The van der Waals surface area contributed by atoms with Crippen LogP contribution in [0.5, 0.6) is 0 Å². The van der Waals surface area contributed by atoms with Gasteiger partial charge in [0.05, 0.1) is 12.3 Å². The van der Waals surface area contributed by atoms with Crippen molar-refractivity contribution < 1.29 is 18.8 Å². The molecule has 0 aliphatic rings. The SMILES string of the molecule is CCOC(=O)c1cc(NC(=O)c2c(-c3ccccc3)noc2C)cn1C. The van der Waals surface area contributed by atoms with Gasteiger partial charge in [0.15, 0.2) is 0 Å². The Balaban J connectivity index is 1.87. The number of rotatable bonds is 5. The number of ether oxygens (including phenoxy) is 1. The zero-order valence-electron chi connectivity index (χ0n) is 14.8. The summed E-state index contributed by atoms with van der Waals surface area (Å²) in [6.45, 7) is 3.71. The van der Waals surface area contributed by atoms with Crippen molar-refractivity contribution in [3.8, 4) is 11.3 Å². The highest BCUT2D eigenvalue weighted by atomic mass is 16.5. The van der Waals surface area contributed by atoms with Crippen LogP contribution in [0.15, 0.2) is 47.1 Å². The largest absolute Gasteiger partial charge is 0.461 e. The number of aryl methyl sites for hydroxylation is 2. The summed E-state index contributed by atoms with van der Waals surface area (Å²) < 4.78 is 11.8. The molecule has 0 aliphatic heterocycles. The van der Waals surface area contributed by atoms with Crippen LogP contribution in [-0.2, 0) is 11.8 Å². The van der Waals surface area contributed by atoms with Gasteiger partial charge >= 0.3 is 5.97 Å². The van der Waals surface area contributed by atoms with Gasteiger partial charge in [0.25, 0.3) is 5.91 Å². The molecule has 0 radical (unpaired) electrons.